The average molecular weight is 813 g/mol. The molecule has 2 N–H and O–H groups in total. The number of nitrogens with zero attached hydrogens (tertiary/aromatic N) is 3. The summed E-state index contributed by atoms with van der Waals surface area (Å²) in [7, 11) is -2.96. The monoisotopic (exact) mass is 812 g/mol. The molecule has 1 aromatic heterocycles. The number of ether oxygens (including phenoxy) is 1. The number of hydrogen-bond donors (Lipinski definition) is 1. The summed E-state index contributed by atoms with van der Waals surface area (Å²) < 4.78 is 16.3. The summed E-state index contributed by atoms with van der Waals surface area (Å²) in [5.74, 6) is 7.25. The highest BCUT2D eigenvalue weighted by atomic mass is 28.4. The number of rotatable bonds is 10. The Morgan fingerprint density at radius 2 is 1.20 bits per heavy atom. The molecule has 1 saturated heterocycles. The van der Waals surface area contributed by atoms with Crippen molar-refractivity contribution in [3.05, 3.63) is 191 Å². The molecule has 1 aliphatic heterocycles. The van der Waals surface area contributed by atoms with Crippen LogP contribution in [0.5, 0.6) is 0 Å². The molecule has 60 heavy (non-hydrogen) atoms. The maximum Gasteiger partial charge on any atom is 0.351 e. The van der Waals surface area contributed by atoms with E-state index >= 15 is 0 Å². The van der Waals surface area contributed by atoms with Gasteiger partial charge >= 0.3 is 5.69 Å². The van der Waals surface area contributed by atoms with E-state index < -0.39 is 31.9 Å². The highest BCUT2D eigenvalue weighted by Crippen LogP contribution is 2.45. The van der Waals surface area contributed by atoms with Gasteiger partial charge in [-0.2, -0.15) is 4.98 Å². The Kier molecular flexibility index (Phi) is 12.3. The second kappa shape index (κ2) is 18.0. The Hall–Kier alpha value is -5.56. The van der Waals surface area contributed by atoms with Gasteiger partial charge in [0.2, 0.25) is 0 Å². The van der Waals surface area contributed by atoms with Gasteiger partial charge in [-0.3, -0.25) is 9.47 Å². The van der Waals surface area contributed by atoms with Gasteiger partial charge in [0.1, 0.15) is 5.82 Å². The zero-order valence-corrected chi connectivity index (χ0v) is 36.0. The van der Waals surface area contributed by atoms with Crippen LogP contribution < -0.4 is 21.8 Å². The van der Waals surface area contributed by atoms with E-state index in [-0.39, 0.29) is 10.9 Å². The maximum absolute atomic E-state index is 14.1. The molecule has 2 fully saturated rings. The van der Waals surface area contributed by atoms with E-state index in [1.807, 2.05) is 0 Å². The topological polar surface area (TPSA) is 82.6 Å². The van der Waals surface area contributed by atoms with Crippen molar-refractivity contribution in [2.45, 2.75) is 75.8 Å². The Morgan fingerprint density at radius 1 is 0.717 bits per heavy atom. The van der Waals surface area contributed by atoms with Crippen LogP contribution in [0.4, 0.5) is 5.82 Å². The quantitative estimate of drug-likeness (QED) is 0.0849. The first-order chi connectivity index (χ1) is 29.2. The van der Waals surface area contributed by atoms with Gasteiger partial charge in [-0.15, -0.1) is 0 Å². The van der Waals surface area contributed by atoms with Crippen molar-refractivity contribution in [2.75, 3.05) is 25.4 Å². The van der Waals surface area contributed by atoms with Crippen LogP contribution >= 0.6 is 0 Å². The average Bonchev–Trinajstić information content (AvgIpc) is 3.28. The molecule has 7 nitrogen and oxygen atoms in total. The van der Waals surface area contributed by atoms with Crippen molar-refractivity contribution >= 4 is 24.5 Å². The van der Waals surface area contributed by atoms with Crippen molar-refractivity contribution in [1.29, 1.82) is 0 Å². The Bertz CT molecular complexity index is 2300. The van der Waals surface area contributed by atoms with E-state index in [1.54, 1.807) is 10.8 Å². The summed E-state index contributed by atoms with van der Waals surface area (Å²) in [6.45, 7) is 8.04. The van der Waals surface area contributed by atoms with Crippen molar-refractivity contribution in [3.63, 3.8) is 0 Å². The van der Waals surface area contributed by atoms with Crippen molar-refractivity contribution in [3.8, 4) is 11.8 Å². The zero-order chi connectivity index (χ0) is 41.6. The largest absolute Gasteiger partial charge is 0.405 e. The van der Waals surface area contributed by atoms with E-state index in [4.69, 9.17) is 14.9 Å². The maximum atomic E-state index is 14.1. The number of benzene rings is 5. The molecule has 0 amide bonds. The molecule has 1 aliphatic carbocycles. The minimum absolute atomic E-state index is 0.144. The summed E-state index contributed by atoms with van der Waals surface area (Å²) in [5.41, 5.74) is 9.07. The third kappa shape index (κ3) is 8.15. The standard InChI is InChI=1S/C52H56N4O3Si/c1-51(2,3)60(46-30-18-8-19-31-46,47-32-20-9-21-33-47)58-39-45-37-55(38-48(59-45)56-36-41(49(53)54-50(56)57)35-34-40-22-10-4-11-23-40)52(42-24-12-5-13-25-42,43-26-14-6-15-27-43)44-28-16-7-17-29-44/h5-9,12-21,24-33,36,40,45,48H,4,10-11,22-23,37-39H2,1-3H3,(H2,53,54,57)/t45-,48+/m0/s1. The molecular weight excluding hydrogens is 757 g/mol. The normalized spacial score (nSPS) is 18.1. The van der Waals surface area contributed by atoms with Crippen LogP contribution in [0, 0.1) is 17.8 Å². The first-order valence-corrected chi connectivity index (χ1v) is 23.3. The van der Waals surface area contributed by atoms with Gasteiger partial charge < -0.3 is 14.9 Å². The lowest BCUT2D eigenvalue weighted by atomic mass is 9.75. The Balaban J connectivity index is 1.28. The highest BCUT2D eigenvalue weighted by Gasteiger charge is 2.52. The van der Waals surface area contributed by atoms with Gasteiger partial charge in [-0.1, -0.05) is 204 Å². The Morgan fingerprint density at radius 3 is 1.68 bits per heavy atom. The first-order valence-electron chi connectivity index (χ1n) is 21.4. The molecule has 0 spiro atoms. The number of hydrogen-bond acceptors (Lipinski definition) is 6. The van der Waals surface area contributed by atoms with E-state index in [9.17, 15) is 4.79 Å². The second-order valence-corrected chi connectivity index (χ2v) is 21.5. The summed E-state index contributed by atoms with van der Waals surface area (Å²) in [6.07, 6.45) is 6.34. The summed E-state index contributed by atoms with van der Waals surface area (Å²) >= 11 is 0. The Labute approximate surface area is 356 Å². The molecule has 306 valence electrons. The van der Waals surface area contributed by atoms with Crippen LogP contribution in [0.3, 0.4) is 0 Å². The predicted octanol–water partition coefficient (Wildman–Crippen LogP) is 8.53. The third-order valence-electron chi connectivity index (χ3n) is 12.4. The molecule has 2 aliphatic rings. The molecular formula is C52H56N4O3Si. The van der Waals surface area contributed by atoms with E-state index in [2.05, 4.69) is 194 Å². The van der Waals surface area contributed by atoms with E-state index in [0.717, 1.165) is 29.5 Å². The fourth-order valence-corrected chi connectivity index (χ4v) is 14.2. The van der Waals surface area contributed by atoms with Crippen LogP contribution in [-0.4, -0.2) is 48.6 Å². The smallest absolute Gasteiger partial charge is 0.351 e. The molecule has 0 unspecified atom stereocenters. The minimum atomic E-state index is -2.96. The third-order valence-corrected chi connectivity index (χ3v) is 17.4. The number of morpholine rings is 1. The van der Waals surface area contributed by atoms with Gasteiger partial charge in [0, 0.05) is 25.2 Å². The van der Waals surface area contributed by atoms with Gasteiger partial charge in [-0.25, -0.2) is 4.79 Å². The number of anilines is 1. The van der Waals surface area contributed by atoms with E-state index in [0.29, 0.717) is 31.2 Å². The predicted molar refractivity (Wildman–Crippen MR) is 245 cm³/mol. The SMILES string of the molecule is CC(C)(C)[Si](OC[C@@H]1CN(C(c2ccccc2)(c2ccccc2)c2ccccc2)C[C@H](n2cc(C#CC3CCCCC3)c(N)nc2=O)O1)(c1ccccc1)c1ccccc1. The van der Waals surface area contributed by atoms with Crippen molar-refractivity contribution in [2.24, 2.45) is 5.92 Å². The van der Waals surface area contributed by atoms with Gasteiger partial charge in [0.05, 0.1) is 23.8 Å². The zero-order valence-electron chi connectivity index (χ0n) is 35.0. The van der Waals surface area contributed by atoms with Crippen LogP contribution in [0.15, 0.2) is 163 Å². The lowest BCUT2D eigenvalue weighted by Crippen LogP contribution is -2.67. The van der Waals surface area contributed by atoms with Gasteiger partial charge in [-0.05, 0) is 44.9 Å². The summed E-state index contributed by atoms with van der Waals surface area (Å²) in [4.78, 5) is 20.9. The number of nitrogen functional groups attached to an aromatic ring is 1. The lowest BCUT2D eigenvalue weighted by Gasteiger charge is -2.51. The fourth-order valence-electron chi connectivity index (χ4n) is 9.61. The molecule has 1 saturated carbocycles. The number of aromatic nitrogens is 2. The molecule has 5 aromatic carbocycles. The van der Waals surface area contributed by atoms with Crippen LogP contribution in [0.2, 0.25) is 5.04 Å². The summed E-state index contributed by atoms with van der Waals surface area (Å²) in [6, 6.07) is 53.4. The molecule has 0 bridgehead atoms. The fraction of sp³-hybridized carbons (Fsp3) is 0.308. The van der Waals surface area contributed by atoms with Gasteiger partial charge in [0.15, 0.2) is 6.23 Å². The number of nitrogens with two attached hydrogens (primary N) is 1. The lowest BCUT2D eigenvalue weighted by molar-refractivity contribution is -0.149. The van der Waals surface area contributed by atoms with E-state index in [1.165, 1.54) is 29.6 Å². The highest BCUT2D eigenvalue weighted by molar-refractivity contribution is 6.99. The van der Waals surface area contributed by atoms with Crippen molar-refractivity contribution in [1.82, 2.24) is 14.5 Å². The van der Waals surface area contributed by atoms with Crippen LogP contribution in [0.25, 0.3) is 0 Å². The molecule has 6 aromatic rings. The summed E-state index contributed by atoms with van der Waals surface area (Å²) in [5, 5.41) is 2.15. The first kappa shape index (κ1) is 41.2. The molecule has 2 heterocycles. The molecule has 8 rings (SSSR count). The molecule has 2 atom stereocenters. The van der Waals surface area contributed by atoms with Crippen molar-refractivity contribution < 1.29 is 9.16 Å². The van der Waals surface area contributed by atoms with Crippen LogP contribution in [-0.2, 0) is 14.7 Å². The second-order valence-electron chi connectivity index (χ2n) is 17.2. The van der Waals surface area contributed by atoms with Crippen LogP contribution in [0.1, 0.15) is 81.4 Å². The minimum Gasteiger partial charge on any atom is -0.405 e. The molecule has 8 heteroatoms. The molecule has 0 radical (unpaired) electrons. The van der Waals surface area contributed by atoms with Gasteiger partial charge in [0.25, 0.3) is 8.32 Å².